The molecular weight excluding hydrogens is 422 g/mol. The van der Waals surface area contributed by atoms with Gasteiger partial charge in [0.05, 0.1) is 12.2 Å². The zero-order valence-electron chi connectivity index (χ0n) is 17.5. The second-order valence-corrected chi connectivity index (χ2v) is 7.75. The van der Waals surface area contributed by atoms with Crippen molar-refractivity contribution in [2.75, 3.05) is 18.5 Å². The van der Waals surface area contributed by atoms with Crippen molar-refractivity contribution in [3.05, 3.63) is 46.8 Å². The van der Waals surface area contributed by atoms with E-state index >= 15 is 0 Å². The Hall–Kier alpha value is -3.40. The molecule has 0 fully saturated rings. The van der Waals surface area contributed by atoms with Crippen LogP contribution in [0.5, 0.6) is 5.75 Å². The van der Waals surface area contributed by atoms with Crippen molar-refractivity contribution in [3.63, 3.8) is 0 Å². The highest BCUT2D eigenvalue weighted by molar-refractivity contribution is 7.14. The molecule has 0 spiro atoms. The van der Waals surface area contributed by atoms with E-state index in [4.69, 9.17) is 15.2 Å². The number of hydrogen-bond donors (Lipinski definition) is 3. The summed E-state index contributed by atoms with van der Waals surface area (Å²) in [5, 5.41) is 6.99. The summed E-state index contributed by atoms with van der Waals surface area (Å²) in [6.07, 6.45) is 0. The lowest BCUT2D eigenvalue weighted by molar-refractivity contribution is -0.150. The highest BCUT2D eigenvalue weighted by Crippen LogP contribution is 2.22. The average Bonchev–Trinajstić information content (AvgIpc) is 3.19. The number of primary amides is 1. The number of esters is 1. The van der Waals surface area contributed by atoms with Crippen LogP contribution in [0.2, 0.25) is 0 Å². The Morgan fingerprint density at radius 1 is 1.10 bits per heavy atom. The molecule has 0 aliphatic rings. The zero-order valence-corrected chi connectivity index (χ0v) is 18.3. The molecule has 1 heterocycles. The molecule has 166 valence electrons. The lowest BCUT2D eigenvalue weighted by Gasteiger charge is -2.21. The van der Waals surface area contributed by atoms with Crippen LogP contribution in [0.15, 0.2) is 35.7 Å². The molecule has 1 unspecified atom stereocenters. The summed E-state index contributed by atoms with van der Waals surface area (Å²) in [6.45, 7) is 5.29. The van der Waals surface area contributed by atoms with E-state index in [0.717, 1.165) is 11.3 Å². The molecule has 0 saturated heterocycles. The van der Waals surface area contributed by atoms with Crippen molar-refractivity contribution < 1.29 is 28.7 Å². The van der Waals surface area contributed by atoms with Crippen molar-refractivity contribution in [1.29, 1.82) is 0 Å². The molecule has 2 rings (SSSR count). The van der Waals surface area contributed by atoms with Gasteiger partial charge in [0.1, 0.15) is 16.8 Å². The first-order valence-electron chi connectivity index (χ1n) is 9.60. The van der Waals surface area contributed by atoms with E-state index in [-0.39, 0.29) is 16.5 Å². The number of carbonyl (C=O) groups excluding carboxylic acids is 4. The van der Waals surface area contributed by atoms with Gasteiger partial charge in [-0.3, -0.25) is 14.4 Å². The van der Waals surface area contributed by atoms with Crippen molar-refractivity contribution >= 4 is 40.0 Å². The van der Waals surface area contributed by atoms with Crippen LogP contribution in [-0.4, -0.2) is 42.9 Å². The Bertz CT molecular complexity index is 939. The molecule has 0 radical (unpaired) electrons. The van der Waals surface area contributed by atoms with Crippen LogP contribution >= 0.6 is 11.3 Å². The average molecular weight is 448 g/mol. The summed E-state index contributed by atoms with van der Waals surface area (Å²) in [4.78, 5) is 48.4. The van der Waals surface area contributed by atoms with Crippen LogP contribution in [-0.2, 0) is 14.3 Å². The molecule has 1 atom stereocenters. The number of nitrogens with one attached hydrogen (secondary N) is 2. The number of anilines is 1. The van der Waals surface area contributed by atoms with Crippen LogP contribution in [0.3, 0.4) is 0 Å². The van der Waals surface area contributed by atoms with Gasteiger partial charge in [-0.1, -0.05) is 13.8 Å². The number of nitrogens with two attached hydrogens (primary N) is 1. The first-order valence-corrected chi connectivity index (χ1v) is 10.5. The number of ether oxygens (including phenoxy) is 2. The third-order valence-electron chi connectivity index (χ3n) is 4.16. The summed E-state index contributed by atoms with van der Waals surface area (Å²) in [6, 6.07) is 7.05. The van der Waals surface area contributed by atoms with Crippen molar-refractivity contribution in [3.8, 4) is 5.75 Å². The largest absolute Gasteiger partial charge is 0.494 e. The molecule has 0 bridgehead atoms. The minimum Gasteiger partial charge on any atom is -0.494 e. The molecule has 3 amide bonds. The highest BCUT2D eigenvalue weighted by Gasteiger charge is 2.27. The minimum atomic E-state index is -0.949. The Morgan fingerprint density at radius 2 is 1.77 bits per heavy atom. The van der Waals surface area contributed by atoms with E-state index in [1.807, 2.05) is 6.92 Å². The normalized spacial score (nSPS) is 11.5. The van der Waals surface area contributed by atoms with Gasteiger partial charge in [-0.15, -0.1) is 11.3 Å². The van der Waals surface area contributed by atoms with Gasteiger partial charge in [0.15, 0.2) is 6.61 Å². The lowest BCUT2D eigenvalue weighted by atomic mass is 10.0. The molecule has 0 saturated carbocycles. The predicted molar refractivity (Wildman–Crippen MR) is 116 cm³/mol. The Labute approximate surface area is 183 Å². The highest BCUT2D eigenvalue weighted by atomic mass is 32.1. The third-order valence-corrected chi connectivity index (χ3v) is 4.99. The molecule has 31 heavy (non-hydrogen) atoms. The van der Waals surface area contributed by atoms with E-state index in [0.29, 0.717) is 17.9 Å². The predicted octanol–water partition coefficient (Wildman–Crippen LogP) is 2.18. The van der Waals surface area contributed by atoms with E-state index in [1.165, 1.54) is 6.07 Å². The van der Waals surface area contributed by atoms with Crippen LogP contribution in [0, 0.1) is 5.92 Å². The molecule has 9 nitrogen and oxygen atoms in total. The summed E-state index contributed by atoms with van der Waals surface area (Å²) in [5.41, 5.74) is 5.76. The van der Waals surface area contributed by atoms with E-state index in [1.54, 1.807) is 43.5 Å². The number of amides is 3. The summed E-state index contributed by atoms with van der Waals surface area (Å²) in [5.74, 6) is -2.14. The van der Waals surface area contributed by atoms with Gasteiger partial charge >= 0.3 is 5.97 Å². The summed E-state index contributed by atoms with van der Waals surface area (Å²) >= 11 is 1.12. The van der Waals surface area contributed by atoms with Gasteiger partial charge in [-0.2, -0.15) is 0 Å². The Balaban J connectivity index is 1.93. The zero-order chi connectivity index (χ0) is 23.0. The molecule has 2 aromatic rings. The van der Waals surface area contributed by atoms with Gasteiger partial charge in [-0.25, -0.2) is 4.79 Å². The molecule has 1 aromatic heterocycles. The van der Waals surface area contributed by atoms with Crippen LogP contribution in [0.25, 0.3) is 0 Å². The molecule has 0 aliphatic heterocycles. The number of rotatable bonds is 10. The molecule has 4 N–H and O–H groups in total. The smallest absolute Gasteiger partial charge is 0.329 e. The van der Waals surface area contributed by atoms with E-state index < -0.39 is 36.3 Å². The fourth-order valence-corrected chi connectivity index (χ4v) is 3.39. The second kappa shape index (κ2) is 11.1. The molecule has 0 aliphatic carbocycles. The number of carbonyl (C=O) groups is 4. The Morgan fingerprint density at radius 3 is 2.35 bits per heavy atom. The molecule has 10 heteroatoms. The van der Waals surface area contributed by atoms with Gasteiger partial charge in [-0.05, 0) is 48.6 Å². The van der Waals surface area contributed by atoms with Gasteiger partial charge in [0, 0.05) is 5.56 Å². The SMILES string of the molecule is CCOc1ccc(C(=O)NC(C(=O)OCC(=O)Nc2sccc2C(N)=O)C(C)C)cc1. The molecule has 1 aromatic carbocycles. The fraction of sp³-hybridized carbons (Fsp3) is 0.333. The van der Waals surface area contributed by atoms with Gasteiger partial charge in [0.25, 0.3) is 17.7 Å². The van der Waals surface area contributed by atoms with Crippen LogP contribution in [0.4, 0.5) is 5.00 Å². The maximum absolute atomic E-state index is 12.5. The number of hydrogen-bond acceptors (Lipinski definition) is 7. The first-order chi connectivity index (χ1) is 14.7. The summed E-state index contributed by atoms with van der Waals surface area (Å²) < 4.78 is 10.4. The van der Waals surface area contributed by atoms with Gasteiger partial charge in [0.2, 0.25) is 0 Å². The summed E-state index contributed by atoms with van der Waals surface area (Å²) in [7, 11) is 0. The standard InChI is InChI=1S/C21H25N3O6S/c1-4-29-14-7-5-13(6-8-14)19(27)24-17(12(2)3)21(28)30-11-16(25)23-20-15(18(22)26)9-10-31-20/h5-10,12,17H,4,11H2,1-3H3,(H2,22,26)(H,23,25)(H,24,27). The number of benzene rings is 1. The van der Waals surface area contributed by atoms with Crippen molar-refractivity contribution in [1.82, 2.24) is 5.32 Å². The van der Waals surface area contributed by atoms with Crippen LogP contribution in [0.1, 0.15) is 41.5 Å². The lowest BCUT2D eigenvalue weighted by Crippen LogP contribution is -2.45. The Kier molecular flexibility index (Phi) is 8.56. The fourth-order valence-electron chi connectivity index (χ4n) is 2.58. The second-order valence-electron chi connectivity index (χ2n) is 6.84. The quantitative estimate of drug-likeness (QED) is 0.478. The van der Waals surface area contributed by atoms with E-state index in [9.17, 15) is 19.2 Å². The van der Waals surface area contributed by atoms with Gasteiger partial charge < -0.3 is 25.8 Å². The van der Waals surface area contributed by atoms with Crippen LogP contribution < -0.4 is 21.1 Å². The maximum atomic E-state index is 12.5. The first kappa shape index (κ1) is 23.9. The number of thiophene rings is 1. The molecular formula is C21H25N3O6S. The van der Waals surface area contributed by atoms with Crippen molar-refractivity contribution in [2.45, 2.75) is 26.8 Å². The van der Waals surface area contributed by atoms with Crippen molar-refractivity contribution in [2.24, 2.45) is 11.7 Å². The minimum absolute atomic E-state index is 0.173. The third kappa shape index (κ3) is 6.82. The monoisotopic (exact) mass is 447 g/mol. The van der Waals surface area contributed by atoms with E-state index in [2.05, 4.69) is 10.6 Å². The topological polar surface area (TPSA) is 137 Å². The maximum Gasteiger partial charge on any atom is 0.329 e.